The summed E-state index contributed by atoms with van der Waals surface area (Å²) < 4.78 is 29.7. The van der Waals surface area contributed by atoms with E-state index in [0.717, 1.165) is 18.2 Å². The molecule has 0 unspecified atom stereocenters. The summed E-state index contributed by atoms with van der Waals surface area (Å²) in [6.45, 7) is 0.359. The Morgan fingerprint density at radius 1 is 1.45 bits per heavy atom. The number of H-pyrrole nitrogens is 1. The van der Waals surface area contributed by atoms with E-state index in [2.05, 4.69) is 10.3 Å². The molecule has 2 N–H and O–H groups in total. The molecule has 1 aliphatic carbocycles. The zero-order valence-corrected chi connectivity index (χ0v) is 12.6. The van der Waals surface area contributed by atoms with Crippen LogP contribution < -0.4 is 5.32 Å². The Balaban J connectivity index is 1.93. The van der Waals surface area contributed by atoms with Crippen LogP contribution >= 0.6 is 12.2 Å². The molecule has 1 heterocycles. The highest BCUT2D eigenvalue weighted by Crippen LogP contribution is 2.32. The van der Waals surface area contributed by atoms with Crippen LogP contribution in [0.1, 0.15) is 29.3 Å². The van der Waals surface area contributed by atoms with Crippen LogP contribution in [0, 0.1) is 16.4 Å². The van der Waals surface area contributed by atoms with Crippen LogP contribution in [0.15, 0.2) is 18.3 Å². The van der Waals surface area contributed by atoms with Crippen molar-refractivity contribution in [3.8, 4) is 0 Å². The molecule has 1 atom stereocenters. The average Bonchev–Trinajstić information content (AvgIpc) is 2.85. The van der Waals surface area contributed by atoms with Gasteiger partial charge in [0, 0.05) is 18.3 Å². The van der Waals surface area contributed by atoms with Gasteiger partial charge in [0.05, 0.1) is 12.2 Å². The molecular weight excluding hydrogens is 308 g/mol. The predicted molar refractivity (Wildman–Crippen MR) is 79.9 cm³/mol. The van der Waals surface area contributed by atoms with Gasteiger partial charge in [-0.2, -0.15) is 0 Å². The predicted octanol–water partition coefficient (Wildman–Crippen LogP) is 2.80. The first-order valence-electron chi connectivity index (χ1n) is 7.02. The first kappa shape index (κ1) is 14.9. The largest absolute Gasteiger partial charge is 0.353 e. The second kappa shape index (κ2) is 6.00. The van der Waals surface area contributed by atoms with Crippen molar-refractivity contribution < 1.29 is 13.6 Å². The van der Waals surface area contributed by atoms with Crippen molar-refractivity contribution in [1.29, 1.82) is 0 Å². The summed E-state index contributed by atoms with van der Waals surface area (Å²) in [5.41, 5.74) is 2.13. The molecule has 1 aliphatic rings. The van der Waals surface area contributed by atoms with Crippen molar-refractivity contribution in [1.82, 2.24) is 14.9 Å². The van der Waals surface area contributed by atoms with E-state index in [-0.39, 0.29) is 6.04 Å². The van der Waals surface area contributed by atoms with Gasteiger partial charge in [0.15, 0.2) is 4.77 Å². The highest BCUT2D eigenvalue weighted by atomic mass is 32.1. The van der Waals surface area contributed by atoms with Crippen LogP contribution in [0.4, 0.5) is 8.78 Å². The van der Waals surface area contributed by atoms with Gasteiger partial charge in [-0.15, -0.1) is 0 Å². The monoisotopic (exact) mass is 323 g/mol. The van der Waals surface area contributed by atoms with Crippen LogP contribution in [0.2, 0.25) is 0 Å². The molecular formula is C15H15F2N3OS. The van der Waals surface area contributed by atoms with E-state index in [4.69, 9.17) is 12.2 Å². The summed E-state index contributed by atoms with van der Waals surface area (Å²) in [4.78, 5) is 13.4. The second-order valence-electron chi connectivity index (χ2n) is 5.38. The van der Waals surface area contributed by atoms with E-state index in [0.29, 0.717) is 41.7 Å². The number of benzene rings is 1. The van der Waals surface area contributed by atoms with E-state index >= 15 is 0 Å². The smallest absolute Gasteiger partial charge is 0.207 e. The average molecular weight is 323 g/mol. The Labute approximate surface area is 131 Å². The molecule has 0 saturated heterocycles. The number of rotatable bonds is 4. The van der Waals surface area contributed by atoms with Gasteiger partial charge in [0.1, 0.15) is 11.6 Å². The van der Waals surface area contributed by atoms with Gasteiger partial charge in [0.25, 0.3) is 0 Å². The number of halogens is 2. The lowest BCUT2D eigenvalue weighted by molar-refractivity contribution is -0.109. The SMILES string of the molecule is O=CNCc1c[nH]c(=S)n1[C@H]1CCc2c(F)cc(F)cc2C1. The number of aromatic amines is 1. The fourth-order valence-electron chi connectivity index (χ4n) is 3.10. The zero-order valence-electron chi connectivity index (χ0n) is 11.7. The number of aromatic nitrogens is 2. The zero-order chi connectivity index (χ0) is 15.7. The normalized spacial score (nSPS) is 17.1. The number of hydrogen-bond acceptors (Lipinski definition) is 2. The number of carbonyl (C=O) groups is 1. The first-order chi connectivity index (χ1) is 10.6. The molecule has 0 radical (unpaired) electrons. The Morgan fingerprint density at radius 3 is 3.05 bits per heavy atom. The van der Waals surface area contributed by atoms with Crippen LogP contribution in [0.5, 0.6) is 0 Å². The van der Waals surface area contributed by atoms with Gasteiger partial charge < -0.3 is 14.9 Å². The number of carbonyl (C=O) groups excluding carboxylic acids is 1. The first-order valence-corrected chi connectivity index (χ1v) is 7.43. The Morgan fingerprint density at radius 2 is 2.27 bits per heavy atom. The molecule has 0 aliphatic heterocycles. The maximum Gasteiger partial charge on any atom is 0.207 e. The minimum absolute atomic E-state index is 0.0240. The van der Waals surface area contributed by atoms with Gasteiger partial charge in [-0.25, -0.2) is 8.78 Å². The quantitative estimate of drug-likeness (QED) is 0.671. The molecule has 1 aromatic carbocycles. The van der Waals surface area contributed by atoms with Crippen LogP contribution in [0.25, 0.3) is 0 Å². The lowest BCUT2D eigenvalue weighted by Crippen LogP contribution is -2.23. The maximum absolute atomic E-state index is 13.8. The molecule has 116 valence electrons. The number of nitrogens with one attached hydrogen (secondary N) is 2. The fraction of sp³-hybridized carbons (Fsp3) is 0.333. The maximum atomic E-state index is 13.8. The lowest BCUT2D eigenvalue weighted by Gasteiger charge is -2.27. The number of amides is 1. The van der Waals surface area contributed by atoms with Gasteiger partial charge in [-0.3, -0.25) is 4.79 Å². The topological polar surface area (TPSA) is 49.8 Å². The van der Waals surface area contributed by atoms with Gasteiger partial charge in [-0.1, -0.05) is 0 Å². The summed E-state index contributed by atoms with van der Waals surface area (Å²) in [7, 11) is 0. The van der Waals surface area contributed by atoms with Crippen molar-refractivity contribution in [3.63, 3.8) is 0 Å². The molecule has 1 amide bonds. The van der Waals surface area contributed by atoms with E-state index in [9.17, 15) is 13.6 Å². The summed E-state index contributed by atoms with van der Waals surface area (Å²) in [6.07, 6.45) is 4.15. The summed E-state index contributed by atoms with van der Waals surface area (Å²) >= 11 is 5.30. The van der Waals surface area contributed by atoms with Crippen LogP contribution in [-0.2, 0) is 24.2 Å². The van der Waals surface area contributed by atoms with Crippen molar-refractivity contribution in [2.24, 2.45) is 0 Å². The molecule has 22 heavy (non-hydrogen) atoms. The third-order valence-electron chi connectivity index (χ3n) is 4.06. The third kappa shape index (κ3) is 2.68. The summed E-state index contributed by atoms with van der Waals surface area (Å²) in [6, 6.07) is 2.35. The molecule has 7 heteroatoms. The Kier molecular flexibility index (Phi) is 4.06. The molecule has 0 bridgehead atoms. The summed E-state index contributed by atoms with van der Waals surface area (Å²) in [5.74, 6) is -1.04. The van der Waals surface area contributed by atoms with Gasteiger partial charge in [-0.05, 0) is 48.7 Å². The van der Waals surface area contributed by atoms with Crippen LogP contribution in [0.3, 0.4) is 0 Å². The summed E-state index contributed by atoms with van der Waals surface area (Å²) in [5, 5.41) is 2.61. The van der Waals surface area contributed by atoms with Crippen molar-refractivity contribution in [2.75, 3.05) is 0 Å². The van der Waals surface area contributed by atoms with E-state index < -0.39 is 11.6 Å². The van der Waals surface area contributed by atoms with Gasteiger partial charge >= 0.3 is 0 Å². The van der Waals surface area contributed by atoms with Crippen molar-refractivity contribution in [3.05, 3.63) is 51.6 Å². The molecule has 0 saturated carbocycles. The number of nitrogens with zero attached hydrogens (tertiary/aromatic N) is 1. The molecule has 4 nitrogen and oxygen atoms in total. The minimum atomic E-state index is -0.558. The fourth-order valence-corrected chi connectivity index (χ4v) is 3.43. The Bertz CT molecular complexity index is 769. The third-order valence-corrected chi connectivity index (χ3v) is 4.37. The van der Waals surface area contributed by atoms with Crippen molar-refractivity contribution in [2.45, 2.75) is 31.8 Å². The van der Waals surface area contributed by atoms with E-state index in [1.54, 1.807) is 6.20 Å². The van der Waals surface area contributed by atoms with Gasteiger partial charge in [0.2, 0.25) is 6.41 Å². The molecule has 0 fully saturated rings. The molecule has 0 spiro atoms. The van der Waals surface area contributed by atoms with Crippen molar-refractivity contribution >= 4 is 18.6 Å². The standard InChI is InChI=1S/C15H15F2N3OS/c16-10-3-9-4-11(1-2-13(9)14(17)5-10)20-12(6-18-8-21)7-19-15(20)22/h3,5,7-8,11H,1-2,4,6H2,(H,18,21)(H,19,22)/t11-/m0/s1. The number of imidazole rings is 1. The highest BCUT2D eigenvalue weighted by molar-refractivity contribution is 7.71. The highest BCUT2D eigenvalue weighted by Gasteiger charge is 2.25. The second-order valence-corrected chi connectivity index (χ2v) is 5.76. The van der Waals surface area contributed by atoms with E-state index in [1.165, 1.54) is 6.07 Å². The van der Waals surface area contributed by atoms with Crippen LogP contribution in [-0.4, -0.2) is 16.0 Å². The Hall–Kier alpha value is -2.02. The number of hydrogen-bond donors (Lipinski definition) is 2. The number of fused-ring (bicyclic) bond motifs is 1. The molecule has 1 aromatic heterocycles. The minimum Gasteiger partial charge on any atom is -0.353 e. The molecule has 3 rings (SSSR count). The van der Waals surface area contributed by atoms with E-state index in [1.807, 2.05) is 4.57 Å². The lowest BCUT2D eigenvalue weighted by atomic mass is 9.87. The molecule has 2 aromatic rings.